The van der Waals surface area contributed by atoms with Crippen LogP contribution in [0.4, 0.5) is 5.82 Å². The second kappa shape index (κ2) is 11.1. The van der Waals surface area contributed by atoms with E-state index in [9.17, 15) is 0 Å². The van der Waals surface area contributed by atoms with Gasteiger partial charge < -0.3 is 16.8 Å². The number of aliphatic imine (C=N–C) groups is 1. The van der Waals surface area contributed by atoms with Gasteiger partial charge in [0, 0.05) is 18.2 Å². The number of hydrogen-bond donors (Lipinski definition) is 4. The SMILES string of the molecule is NC=C(C=NCc1ccccc1)C(CCCC1NCCc2ccccc21)c1cc(N)nc2n[nH]nc12. The molecule has 2 aromatic heterocycles. The number of fused-ring (bicyclic) bond motifs is 2. The summed E-state index contributed by atoms with van der Waals surface area (Å²) in [7, 11) is 0. The Labute approximate surface area is 210 Å². The molecule has 8 nitrogen and oxygen atoms in total. The van der Waals surface area contributed by atoms with Crippen molar-refractivity contribution < 1.29 is 0 Å². The summed E-state index contributed by atoms with van der Waals surface area (Å²) in [6, 6.07) is 21.2. The van der Waals surface area contributed by atoms with E-state index < -0.39 is 0 Å². The summed E-state index contributed by atoms with van der Waals surface area (Å²) in [4.78, 5) is 9.02. The zero-order valence-electron chi connectivity index (χ0n) is 20.3. The van der Waals surface area contributed by atoms with E-state index in [0.29, 0.717) is 29.6 Å². The molecule has 2 aromatic carbocycles. The maximum absolute atomic E-state index is 6.17. The zero-order chi connectivity index (χ0) is 24.7. The van der Waals surface area contributed by atoms with E-state index in [4.69, 9.17) is 16.5 Å². The number of allylic oxidation sites excluding steroid dienone is 1. The van der Waals surface area contributed by atoms with Gasteiger partial charge in [0.2, 0.25) is 5.65 Å². The molecule has 36 heavy (non-hydrogen) atoms. The third-order valence-corrected chi connectivity index (χ3v) is 6.87. The monoisotopic (exact) mass is 480 g/mol. The molecule has 0 saturated carbocycles. The smallest absolute Gasteiger partial charge is 0.203 e. The van der Waals surface area contributed by atoms with Crippen LogP contribution in [0, 0.1) is 0 Å². The number of hydrogen-bond acceptors (Lipinski definition) is 7. The van der Waals surface area contributed by atoms with Crippen LogP contribution in [0.1, 0.15) is 53.5 Å². The zero-order valence-corrected chi connectivity index (χ0v) is 20.3. The van der Waals surface area contributed by atoms with Crippen molar-refractivity contribution in [3.63, 3.8) is 0 Å². The lowest BCUT2D eigenvalue weighted by Crippen LogP contribution is -2.29. The molecule has 2 unspecified atom stereocenters. The molecular formula is C28H32N8. The van der Waals surface area contributed by atoms with Gasteiger partial charge in [-0.1, -0.05) is 61.0 Å². The number of pyridine rings is 1. The quantitative estimate of drug-likeness (QED) is 0.266. The minimum absolute atomic E-state index is 0.0359. The van der Waals surface area contributed by atoms with Crippen LogP contribution < -0.4 is 16.8 Å². The summed E-state index contributed by atoms with van der Waals surface area (Å²) < 4.78 is 0. The maximum Gasteiger partial charge on any atom is 0.203 e. The van der Waals surface area contributed by atoms with Gasteiger partial charge in [-0.2, -0.15) is 10.3 Å². The number of aromatic amines is 1. The molecule has 0 aliphatic carbocycles. The fourth-order valence-electron chi connectivity index (χ4n) is 5.11. The van der Waals surface area contributed by atoms with Gasteiger partial charge in [0.15, 0.2) is 0 Å². The van der Waals surface area contributed by atoms with Crippen LogP contribution >= 0.6 is 0 Å². The first-order valence-corrected chi connectivity index (χ1v) is 12.5. The van der Waals surface area contributed by atoms with Gasteiger partial charge in [0.25, 0.3) is 0 Å². The Kier molecular flexibility index (Phi) is 7.33. The molecule has 2 atom stereocenters. The lowest BCUT2D eigenvalue weighted by molar-refractivity contribution is 0.450. The molecule has 0 fully saturated rings. The Bertz CT molecular complexity index is 1360. The highest BCUT2D eigenvalue weighted by molar-refractivity contribution is 5.84. The van der Waals surface area contributed by atoms with E-state index in [1.165, 1.54) is 11.1 Å². The predicted molar refractivity (Wildman–Crippen MR) is 144 cm³/mol. The van der Waals surface area contributed by atoms with Gasteiger partial charge in [0.1, 0.15) is 11.3 Å². The second-order valence-corrected chi connectivity index (χ2v) is 9.19. The second-order valence-electron chi connectivity index (χ2n) is 9.19. The molecule has 4 aromatic rings. The Morgan fingerprint density at radius 3 is 2.81 bits per heavy atom. The molecule has 3 heterocycles. The number of H-pyrrole nitrogens is 1. The Hall–Kier alpha value is -4.04. The third kappa shape index (κ3) is 5.28. The van der Waals surface area contributed by atoms with Gasteiger partial charge >= 0.3 is 0 Å². The van der Waals surface area contributed by atoms with Gasteiger partial charge in [-0.15, -0.1) is 5.10 Å². The van der Waals surface area contributed by atoms with Crippen LogP contribution in [-0.2, 0) is 13.0 Å². The number of nitrogens with two attached hydrogens (primary N) is 2. The topological polar surface area (TPSA) is 131 Å². The molecule has 0 radical (unpaired) electrons. The largest absolute Gasteiger partial charge is 0.404 e. The van der Waals surface area contributed by atoms with Gasteiger partial charge in [-0.3, -0.25) is 4.99 Å². The molecule has 1 aliphatic heterocycles. The third-order valence-electron chi connectivity index (χ3n) is 6.87. The van der Waals surface area contributed by atoms with Crippen LogP contribution in [0.5, 0.6) is 0 Å². The predicted octanol–water partition coefficient (Wildman–Crippen LogP) is 4.19. The summed E-state index contributed by atoms with van der Waals surface area (Å²) in [5.41, 5.74) is 19.4. The van der Waals surface area contributed by atoms with E-state index in [1.54, 1.807) is 6.20 Å². The van der Waals surface area contributed by atoms with Crippen LogP contribution in [-0.4, -0.2) is 33.2 Å². The standard InChI is InChI=1S/C28H32N8/c29-16-21(18-31-17-19-7-2-1-3-8-19)22(24-15-26(30)33-28-27(24)34-36-35-28)11-6-12-25-23-10-5-4-9-20(23)13-14-32-25/h1-5,7-10,15-16,18,22,25,32H,6,11-14,17,29H2,(H3,30,33,34,35,36). The number of nitrogen functional groups attached to an aromatic ring is 1. The van der Waals surface area contributed by atoms with Crippen LogP contribution in [0.15, 0.2) is 77.4 Å². The van der Waals surface area contributed by atoms with Gasteiger partial charge in [-0.25, -0.2) is 4.98 Å². The Morgan fingerprint density at radius 1 is 1.11 bits per heavy atom. The summed E-state index contributed by atoms with van der Waals surface area (Å²) >= 11 is 0. The Balaban J connectivity index is 1.39. The van der Waals surface area contributed by atoms with E-state index in [1.807, 2.05) is 30.5 Å². The fraction of sp³-hybridized carbons (Fsp3) is 0.286. The minimum atomic E-state index is -0.0359. The number of benzene rings is 2. The average Bonchev–Trinajstić information content (AvgIpc) is 3.38. The molecule has 5 rings (SSSR count). The van der Waals surface area contributed by atoms with Crippen molar-refractivity contribution in [2.24, 2.45) is 10.7 Å². The van der Waals surface area contributed by atoms with E-state index in [0.717, 1.165) is 48.9 Å². The van der Waals surface area contributed by atoms with E-state index >= 15 is 0 Å². The van der Waals surface area contributed by atoms with Crippen molar-refractivity contribution >= 4 is 23.2 Å². The van der Waals surface area contributed by atoms with Gasteiger partial charge in [-0.05, 0) is 65.9 Å². The van der Waals surface area contributed by atoms with Crippen LogP contribution in [0.2, 0.25) is 0 Å². The summed E-state index contributed by atoms with van der Waals surface area (Å²) in [6.45, 7) is 1.59. The fourth-order valence-corrected chi connectivity index (χ4v) is 5.11. The number of nitrogens with zero attached hydrogens (tertiary/aromatic N) is 4. The lowest BCUT2D eigenvalue weighted by atomic mass is 9.85. The molecule has 8 heteroatoms. The first kappa shape index (κ1) is 23.7. The van der Waals surface area contributed by atoms with Crippen LogP contribution in [0.3, 0.4) is 0 Å². The normalized spacial score (nSPS) is 16.9. The van der Waals surface area contributed by atoms with Crippen molar-refractivity contribution in [3.05, 3.63) is 94.7 Å². The number of aromatic nitrogens is 4. The lowest BCUT2D eigenvalue weighted by Gasteiger charge is -2.27. The highest BCUT2D eigenvalue weighted by atomic mass is 15.3. The van der Waals surface area contributed by atoms with E-state index in [2.05, 4.69) is 62.1 Å². The minimum Gasteiger partial charge on any atom is -0.404 e. The molecule has 0 saturated heterocycles. The number of anilines is 1. The molecule has 6 N–H and O–H groups in total. The first-order chi connectivity index (χ1) is 17.7. The molecular weight excluding hydrogens is 448 g/mol. The highest BCUT2D eigenvalue weighted by Crippen LogP contribution is 2.35. The van der Waals surface area contributed by atoms with Crippen molar-refractivity contribution in [1.82, 2.24) is 25.7 Å². The Morgan fingerprint density at radius 2 is 1.94 bits per heavy atom. The maximum atomic E-state index is 6.17. The van der Waals surface area contributed by atoms with Crippen molar-refractivity contribution in [2.75, 3.05) is 12.3 Å². The summed E-state index contributed by atoms with van der Waals surface area (Å²) in [6.07, 6.45) is 7.49. The number of rotatable bonds is 9. The van der Waals surface area contributed by atoms with Crippen molar-refractivity contribution in [3.8, 4) is 0 Å². The molecule has 0 bridgehead atoms. The first-order valence-electron chi connectivity index (χ1n) is 12.5. The molecule has 184 valence electrons. The number of nitrogens with one attached hydrogen (secondary N) is 2. The van der Waals surface area contributed by atoms with Crippen molar-refractivity contribution in [1.29, 1.82) is 0 Å². The highest BCUT2D eigenvalue weighted by Gasteiger charge is 2.23. The molecule has 0 amide bonds. The average molecular weight is 481 g/mol. The summed E-state index contributed by atoms with van der Waals surface area (Å²) in [5.74, 6) is 0.378. The molecule has 1 aliphatic rings. The van der Waals surface area contributed by atoms with Gasteiger partial charge in [0.05, 0.1) is 6.54 Å². The van der Waals surface area contributed by atoms with E-state index in [-0.39, 0.29) is 5.92 Å². The van der Waals surface area contributed by atoms with Crippen LogP contribution in [0.25, 0.3) is 11.2 Å². The summed E-state index contributed by atoms with van der Waals surface area (Å²) in [5, 5.41) is 14.9. The van der Waals surface area contributed by atoms with Crippen molar-refractivity contribution in [2.45, 2.75) is 44.2 Å². The molecule has 0 spiro atoms.